The van der Waals surface area contributed by atoms with Gasteiger partial charge in [-0.1, -0.05) is 12.1 Å². The highest BCUT2D eigenvalue weighted by Gasteiger charge is 2.20. The number of carbonyl (C=O) groups excluding carboxylic acids is 1. The lowest BCUT2D eigenvalue weighted by molar-refractivity contribution is 0.0966. The summed E-state index contributed by atoms with van der Waals surface area (Å²) in [5, 5.41) is 15.0. The molecule has 2 heterocycles. The van der Waals surface area contributed by atoms with Crippen LogP contribution in [-0.2, 0) is 6.54 Å². The Kier molecular flexibility index (Phi) is 3.28. The molecule has 0 bridgehead atoms. The van der Waals surface area contributed by atoms with E-state index in [0.717, 1.165) is 29.1 Å². The van der Waals surface area contributed by atoms with Crippen molar-refractivity contribution in [1.29, 1.82) is 5.26 Å². The Bertz CT molecular complexity index is 761. The fourth-order valence-corrected chi connectivity index (χ4v) is 2.43. The van der Waals surface area contributed by atoms with E-state index in [-0.39, 0.29) is 5.91 Å². The molecule has 104 valence electrons. The first-order valence-electron chi connectivity index (χ1n) is 6.78. The Hall–Kier alpha value is -2.87. The molecule has 1 aliphatic rings. The zero-order valence-electron chi connectivity index (χ0n) is 11.6. The number of nitriles is 1. The molecular formula is C16H14N4O. The maximum Gasteiger partial charge on any atom is 0.251 e. The van der Waals surface area contributed by atoms with Gasteiger partial charge >= 0.3 is 0 Å². The van der Waals surface area contributed by atoms with Gasteiger partial charge in [0.2, 0.25) is 0 Å². The van der Waals surface area contributed by atoms with E-state index in [9.17, 15) is 4.79 Å². The van der Waals surface area contributed by atoms with Crippen molar-refractivity contribution in [2.75, 3.05) is 11.9 Å². The Labute approximate surface area is 122 Å². The molecule has 0 atom stereocenters. The van der Waals surface area contributed by atoms with Gasteiger partial charge in [0.05, 0.1) is 5.56 Å². The number of anilines is 1. The van der Waals surface area contributed by atoms with Crippen LogP contribution in [-0.4, -0.2) is 17.4 Å². The molecule has 0 saturated carbocycles. The SMILES string of the molecule is CCNc1ncc(C#N)cc1-c1ccc2c(c1)C(=O)NC2. The molecule has 5 nitrogen and oxygen atoms in total. The molecule has 0 fully saturated rings. The van der Waals surface area contributed by atoms with Gasteiger partial charge in [-0.15, -0.1) is 0 Å². The van der Waals surface area contributed by atoms with Gasteiger partial charge in [0.25, 0.3) is 5.91 Å². The number of nitrogens with zero attached hydrogens (tertiary/aromatic N) is 2. The van der Waals surface area contributed by atoms with Crippen LogP contribution in [0, 0.1) is 11.3 Å². The van der Waals surface area contributed by atoms with Gasteiger partial charge in [0.15, 0.2) is 0 Å². The predicted molar refractivity (Wildman–Crippen MR) is 79.7 cm³/mol. The topological polar surface area (TPSA) is 77.8 Å². The zero-order chi connectivity index (χ0) is 14.8. The Morgan fingerprint density at radius 3 is 3.00 bits per heavy atom. The van der Waals surface area contributed by atoms with Crippen LogP contribution in [0.3, 0.4) is 0 Å². The number of amides is 1. The molecule has 21 heavy (non-hydrogen) atoms. The number of fused-ring (bicyclic) bond motifs is 1. The molecule has 0 aliphatic carbocycles. The van der Waals surface area contributed by atoms with Crippen LogP contribution in [0.2, 0.25) is 0 Å². The lowest BCUT2D eigenvalue weighted by atomic mass is 10.00. The van der Waals surface area contributed by atoms with E-state index in [1.54, 1.807) is 12.3 Å². The molecule has 1 amide bonds. The predicted octanol–water partition coefficient (Wildman–Crippen LogP) is 2.30. The fraction of sp³-hybridized carbons (Fsp3) is 0.188. The Morgan fingerprint density at radius 1 is 1.38 bits per heavy atom. The molecule has 2 aromatic rings. The summed E-state index contributed by atoms with van der Waals surface area (Å²) < 4.78 is 0. The smallest absolute Gasteiger partial charge is 0.251 e. The monoisotopic (exact) mass is 278 g/mol. The van der Waals surface area contributed by atoms with E-state index in [1.165, 1.54) is 0 Å². The average Bonchev–Trinajstić information content (AvgIpc) is 2.89. The minimum absolute atomic E-state index is 0.0544. The second-order valence-corrected chi connectivity index (χ2v) is 4.82. The molecule has 0 radical (unpaired) electrons. The summed E-state index contributed by atoms with van der Waals surface area (Å²) in [5.74, 6) is 0.663. The van der Waals surface area contributed by atoms with E-state index < -0.39 is 0 Å². The number of rotatable bonds is 3. The summed E-state index contributed by atoms with van der Waals surface area (Å²) >= 11 is 0. The zero-order valence-corrected chi connectivity index (χ0v) is 11.6. The minimum atomic E-state index is -0.0544. The highest BCUT2D eigenvalue weighted by Crippen LogP contribution is 2.30. The van der Waals surface area contributed by atoms with Crippen LogP contribution in [0.1, 0.15) is 28.4 Å². The number of hydrogen-bond acceptors (Lipinski definition) is 4. The van der Waals surface area contributed by atoms with Gasteiger partial charge in [0, 0.05) is 30.4 Å². The van der Waals surface area contributed by atoms with Gasteiger partial charge in [-0.3, -0.25) is 4.79 Å². The quantitative estimate of drug-likeness (QED) is 0.903. The molecule has 0 spiro atoms. The summed E-state index contributed by atoms with van der Waals surface area (Å²) in [6.07, 6.45) is 1.54. The standard InChI is InChI=1S/C16H14N4O/c1-2-18-15-13(5-10(7-17)8-19-15)11-3-4-12-9-20-16(21)14(12)6-11/h3-6,8H,2,9H2,1H3,(H,18,19)(H,20,21). The van der Waals surface area contributed by atoms with Crippen molar-refractivity contribution in [2.24, 2.45) is 0 Å². The largest absolute Gasteiger partial charge is 0.370 e. The fourth-order valence-electron chi connectivity index (χ4n) is 2.43. The number of hydrogen-bond donors (Lipinski definition) is 2. The summed E-state index contributed by atoms with van der Waals surface area (Å²) in [6, 6.07) is 9.65. The summed E-state index contributed by atoms with van der Waals surface area (Å²) in [6.45, 7) is 3.29. The maximum atomic E-state index is 11.8. The lowest BCUT2D eigenvalue weighted by Crippen LogP contribution is -2.12. The maximum absolute atomic E-state index is 11.8. The van der Waals surface area contributed by atoms with Crippen molar-refractivity contribution in [2.45, 2.75) is 13.5 Å². The minimum Gasteiger partial charge on any atom is -0.370 e. The van der Waals surface area contributed by atoms with Crippen LogP contribution >= 0.6 is 0 Å². The molecule has 0 saturated heterocycles. The van der Waals surface area contributed by atoms with Crippen molar-refractivity contribution in [3.8, 4) is 17.2 Å². The molecule has 3 rings (SSSR count). The lowest BCUT2D eigenvalue weighted by Gasteiger charge is -2.11. The first kappa shape index (κ1) is 13.1. The van der Waals surface area contributed by atoms with Crippen molar-refractivity contribution in [1.82, 2.24) is 10.3 Å². The number of pyridine rings is 1. The van der Waals surface area contributed by atoms with E-state index in [2.05, 4.69) is 21.7 Å². The van der Waals surface area contributed by atoms with Gasteiger partial charge in [-0.2, -0.15) is 5.26 Å². The van der Waals surface area contributed by atoms with Gasteiger partial charge in [-0.25, -0.2) is 4.98 Å². The molecule has 2 N–H and O–H groups in total. The van der Waals surface area contributed by atoms with Gasteiger partial charge in [0.1, 0.15) is 11.9 Å². The number of nitrogens with one attached hydrogen (secondary N) is 2. The van der Waals surface area contributed by atoms with Crippen LogP contribution in [0.15, 0.2) is 30.5 Å². The van der Waals surface area contributed by atoms with Crippen LogP contribution in [0.4, 0.5) is 5.82 Å². The second kappa shape index (κ2) is 5.25. The first-order valence-corrected chi connectivity index (χ1v) is 6.78. The molecule has 1 aliphatic heterocycles. The van der Waals surface area contributed by atoms with Crippen molar-refractivity contribution < 1.29 is 4.79 Å². The van der Waals surface area contributed by atoms with E-state index >= 15 is 0 Å². The number of aromatic nitrogens is 1. The van der Waals surface area contributed by atoms with Crippen LogP contribution in [0.5, 0.6) is 0 Å². The third kappa shape index (κ3) is 2.32. The van der Waals surface area contributed by atoms with Crippen LogP contribution in [0.25, 0.3) is 11.1 Å². The third-order valence-corrected chi connectivity index (χ3v) is 3.47. The number of carbonyl (C=O) groups is 1. The normalized spacial score (nSPS) is 12.5. The van der Waals surface area contributed by atoms with E-state index in [1.807, 2.05) is 25.1 Å². The van der Waals surface area contributed by atoms with Crippen molar-refractivity contribution in [3.63, 3.8) is 0 Å². The van der Waals surface area contributed by atoms with Gasteiger partial charge < -0.3 is 10.6 Å². The van der Waals surface area contributed by atoms with Crippen LogP contribution < -0.4 is 10.6 Å². The summed E-state index contributed by atoms with van der Waals surface area (Å²) in [7, 11) is 0. The summed E-state index contributed by atoms with van der Waals surface area (Å²) in [5.41, 5.74) is 3.90. The third-order valence-electron chi connectivity index (χ3n) is 3.47. The first-order chi connectivity index (χ1) is 10.2. The molecule has 1 aromatic heterocycles. The molecule has 1 aromatic carbocycles. The van der Waals surface area contributed by atoms with Crippen molar-refractivity contribution in [3.05, 3.63) is 47.2 Å². The Balaban J connectivity index is 2.13. The average molecular weight is 278 g/mol. The van der Waals surface area contributed by atoms with Crippen molar-refractivity contribution >= 4 is 11.7 Å². The number of benzene rings is 1. The Morgan fingerprint density at radius 2 is 2.24 bits per heavy atom. The highest BCUT2D eigenvalue weighted by molar-refractivity contribution is 5.99. The highest BCUT2D eigenvalue weighted by atomic mass is 16.1. The van der Waals surface area contributed by atoms with Gasteiger partial charge in [-0.05, 0) is 30.2 Å². The summed E-state index contributed by atoms with van der Waals surface area (Å²) in [4.78, 5) is 16.1. The molecular weight excluding hydrogens is 264 g/mol. The van der Waals surface area contributed by atoms with E-state index in [0.29, 0.717) is 17.7 Å². The van der Waals surface area contributed by atoms with E-state index in [4.69, 9.17) is 5.26 Å². The molecule has 0 unspecified atom stereocenters. The molecule has 5 heteroatoms. The second-order valence-electron chi connectivity index (χ2n) is 4.82.